The van der Waals surface area contributed by atoms with Crippen molar-refractivity contribution in [3.8, 4) is 5.75 Å². The fourth-order valence-electron chi connectivity index (χ4n) is 3.46. The number of carbonyl (C=O) groups excluding carboxylic acids is 2. The molecule has 1 N–H and O–H groups in total. The zero-order valence-electron chi connectivity index (χ0n) is 16.9. The minimum absolute atomic E-state index is 0.0672. The highest BCUT2D eigenvalue weighted by molar-refractivity contribution is 6.31. The predicted molar refractivity (Wildman–Crippen MR) is 116 cm³/mol. The lowest BCUT2D eigenvalue weighted by Gasteiger charge is -2.38. The predicted octanol–water partition coefficient (Wildman–Crippen LogP) is 3.70. The molecule has 154 valence electrons. The number of methoxy groups -OCH3 is 1. The molecular weight excluding hydrogens is 390 g/mol. The second kappa shape index (κ2) is 9.29. The summed E-state index contributed by atoms with van der Waals surface area (Å²) in [6.45, 7) is 6.66. The van der Waals surface area contributed by atoms with Crippen LogP contribution >= 0.6 is 11.6 Å². The molecular formula is C22H26ClN3O3. The summed E-state index contributed by atoms with van der Waals surface area (Å²) in [5.41, 5.74) is 2.38. The van der Waals surface area contributed by atoms with E-state index < -0.39 is 0 Å². The molecule has 1 aliphatic rings. The van der Waals surface area contributed by atoms with E-state index in [4.69, 9.17) is 16.3 Å². The maximum absolute atomic E-state index is 12.7. The average Bonchev–Trinajstić information content (AvgIpc) is 2.73. The monoisotopic (exact) mass is 415 g/mol. The van der Waals surface area contributed by atoms with E-state index in [0.29, 0.717) is 22.0 Å². The van der Waals surface area contributed by atoms with E-state index in [1.807, 2.05) is 31.2 Å². The lowest BCUT2D eigenvalue weighted by atomic mass is 10.1. The van der Waals surface area contributed by atoms with Gasteiger partial charge in [0.1, 0.15) is 5.75 Å². The fraction of sp³-hybridized carbons (Fsp3) is 0.364. The van der Waals surface area contributed by atoms with Gasteiger partial charge in [0.05, 0.1) is 18.8 Å². The summed E-state index contributed by atoms with van der Waals surface area (Å²) in [6.07, 6.45) is 0. The Morgan fingerprint density at radius 1 is 1.07 bits per heavy atom. The minimum atomic E-state index is -0.277. The highest BCUT2D eigenvalue weighted by atomic mass is 35.5. The number of benzene rings is 2. The summed E-state index contributed by atoms with van der Waals surface area (Å²) in [5.74, 6) is 0.552. The molecule has 6 nitrogen and oxygen atoms in total. The molecule has 2 aromatic carbocycles. The van der Waals surface area contributed by atoms with E-state index in [1.165, 1.54) is 0 Å². The Bertz CT molecular complexity index is 877. The van der Waals surface area contributed by atoms with Gasteiger partial charge in [0.25, 0.3) is 0 Å². The third kappa shape index (κ3) is 5.08. The first-order valence-electron chi connectivity index (χ1n) is 9.63. The number of nitrogens with zero attached hydrogens (tertiary/aromatic N) is 2. The van der Waals surface area contributed by atoms with Gasteiger partial charge in [-0.25, -0.2) is 0 Å². The van der Waals surface area contributed by atoms with Gasteiger partial charge in [0.15, 0.2) is 5.78 Å². The first-order valence-corrected chi connectivity index (χ1v) is 10.0. The van der Waals surface area contributed by atoms with Crippen LogP contribution in [0.2, 0.25) is 5.02 Å². The van der Waals surface area contributed by atoms with Crippen molar-refractivity contribution in [2.45, 2.75) is 19.9 Å². The minimum Gasteiger partial charge on any atom is -0.495 e. The molecule has 1 saturated heterocycles. The zero-order valence-corrected chi connectivity index (χ0v) is 17.7. The van der Waals surface area contributed by atoms with Crippen molar-refractivity contribution in [2.24, 2.45) is 0 Å². The normalized spacial score (nSPS) is 15.7. The third-order valence-corrected chi connectivity index (χ3v) is 5.53. The highest BCUT2D eigenvalue weighted by Gasteiger charge is 2.26. The van der Waals surface area contributed by atoms with E-state index in [0.717, 1.165) is 31.9 Å². The molecule has 1 heterocycles. The number of ketones is 1. The molecule has 7 heteroatoms. The van der Waals surface area contributed by atoms with Crippen LogP contribution in [0.5, 0.6) is 5.75 Å². The number of Topliss-reactive ketones (excluding diaryl/α,β-unsaturated/α-hetero) is 1. The Hall–Kier alpha value is -2.57. The number of hydrogen-bond acceptors (Lipinski definition) is 5. The van der Waals surface area contributed by atoms with Gasteiger partial charge in [-0.3, -0.25) is 14.5 Å². The number of ether oxygens (including phenoxy) is 1. The number of amides is 1. The van der Waals surface area contributed by atoms with Crippen LogP contribution in [0, 0.1) is 0 Å². The van der Waals surface area contributed by atoms with Gasteiger partial charge in [-0.1, -0.05) is 11.6 Å². The molecule has 0 bridgehead atoms. The Morgan fingerprint density at radius 2 is 1.72 bits per heavy atom. The summed E-state index contributed by atoms with van der Waals surface area (Å²) in [4.78, 5) is 28.6. The standard InChI is InChI=1S/C22H26ClN3O3/c1-15(22(28)24-20-14-18(23)6-9-21(20)29-3)25-10-12-26(13-11-25)19-7-4-17(5-8-19)16(2)27/h4-9,14-15H,10-13H2,1-3H3,(H,24,28)/t15-/m1/s1. The quantitative estimate of drug-likeness (QED) is 0.729. The van der Waals surface area contributed by atoms with Crippen molar-refractivity contribution in [3.05, 3.63) is 53.1 Å². The van der Waals surface area contributed by atoms with Crippen LogP contribution in [0.15, 0.2) is 42.5 Å². The van der Waals surface area contributed by atoms with Crippen LogP contribution in [0.25, 0.3) is 0 Å². The van der Waals surface area contributed by atoms with Crippen LogP contribution in [-0.2, 0) is 4.79 Å². The number of anilines is 2. The van der Waals surface area contributed by atoms with Crippen molar-refractivity contribution in [3.63, 3.8) is 0 Å². The first kappa shape index (κ1) is 21.1. The molecule has 0 unspecified atom stereocenters. The second-order valence-corrected chi connectivity index (χ2v) is 7.57. The number of nitrogens with one attached hydrogen (secondary N) is 1. The van der Waals surface area contributed by atoms with Gasteiger partial charge in [0, 0.05) is 42.5 Å². The molecule has 0 saturated carbocycles. The molecule has 1 atom stereocenters. The molecule has 29 heavy (non-hydrogen) atoms. The van der Waals surface area contributed by atoms with Crippen LogP contribution < -0.4 is 15.0 Å². The Morgan fingerprint density at radius 3 is 2.31 bits per heavy atom. The van der Waals surface area contributed by atoms with Gasteiger partial charge < -0.3 is 15.0 Å². The molecule has 1 aliphatic heterocycles. The number of hydrogen-bond donors (Lipinski definition) is 1. The number of halogens is 1. The number of carbonyl (C=O) groups is 2. The molecule has 2 aromatic rings. The Labute approximate surface area is 176 Å². The van der Waals surface area contributed by atoms with Crippen LogP contribution in [0.3, 0.4) is 0 Å². The lowest BCUT2D eigenvalue weighted by molar-refractivity contribution is -0.120. The summed E-state index contributed by atoms with van der Waals surface area (Å²) < 4.78 is 5.30. The lowest BCUT2D eigenvalue weighted by Crippen LogP contribution is -2.52. The van der Waals surface area contributed by atoms with Gasteiger partial charge in [-0.15, -0.1) is 0 Å². The van der Waals surface area contributed by atoms with Crippen molar-refractivity contribution in [1.29, 1.82) is 0 Å². The van der Waals surface area contributed by atoms with Crippen molar-refractivity contribution >= 4 is 34.7 Å². The fourth-order valence-corrected chi connectivity index (χ4v) is 3.63. The van der Waals surface area contributed by atoms with Crippen molar-refractivity contribution in [2.75, 3.05) is 43.5 Å². The summed E-state index contributed by atoms with van der Waals surface area (Å²) >= 11 is 6.05. The summed E-state index contributed by atoms with van der Waals surface area (Å²) in [5, 5.41) is 3.46. The van der Waals surface area contributed by atoms with E-state index in [-0.39, 0.29) is 17.7 Å². The van der Waals surface area contributed by atoms with Gasteiger partial charge in [0.2, 0.25) is 5.91 Å². The van der Waals surface area contributed by atoms with Crippen molar-refractivity contribution in [1.82, 2.24) is 4.90 Å². The van der Waals surface area contributed by atoms with E-state index in [9.17, 15) is 9.59 Å². The maximum Gasteiger partial charge on any atom is 0.241 e. The van der Waals surface area contributed by atoms with Crippen LogP contribution in [0.4, 0.5) is 11.4 Å². The first-order chi connectivity index (χ1) is 13.9. The van der Waals surface area contributed by atoms with E-state index in [2.05, 4.69) is 15.1 Å². The largest absolute Gasteiger partial charge is 0.495 e. The van der Waals surface area contributed by atoms with Crippen LogP contribution in [-0.4, -0.2) is 55.9 Å². The Balaban J connectivity index is 1.58. The van der Waals surface area contributed by atoms with Gasteiger partial charge in [-0.2, -0.15) is 0 Å². The summed E-state index contributed by atoms with van der Waals surface area (Å²) in [6, 6.07) is 12.5. The highest BCUT2D eigenvalue weighted by Crippen LogP contribution is 2.28. The maximum atomic E-state index is 12.7. The third-order valence-electron chi connectivity index (χ3n) is 5.30. The van der Waals surface area contributed by atoms with Crippen molar-refractivity contribution < 1.29 is 14.3 Å². The van der Waals surface area contributed by atoms with E-state index in [1.54, 1.807) is 32.2 Å². The van der Waals surface area contributed by atoms with Crippen LogP contribution in [0.1, 0.15) is 24.2 Å². The number of rotatable bonds is 6. The molecule has 1 amide bonds. The number of piperazine rings is 1. The SMILES string of the molecule is COc1ccc(Cl)cc1NC(=O)[C@@H](C)N1CCN(c2ccc(C(C)=O)cc2)CC1. The second-order valence-electron chi connectivity index (χ2n) is 7.14. The molecule has 0 spiro atoms. The smallest absolute Gasteiger partial charge is 0.241 e. The topological polar surface area (TPSA) is 61.9 Å². The van der Waals surface area contributed by atoms with Gasteiger partial charge >= 0.3 is 0 Å². The average molecular weight is 416 g/mol. The summed E-state index contributed by atoms with van der Waals surface area (Å²) in [7, 11) is 1.56. The zero-order chi connectivity index (χ0) is 21.0. The molecule has 0 radical (unpaired) electrons. The molecule has 3 rings (SSSR count). The molecule has 0 aromatic heterocycles. The Kier molecular flexibility index (Phi) is 6.77. The van der Waals surface area contributed by atoms with E-state index >= 15 is 0 Å². The molecule has 0 aliphatic carbocycles. The van der Waals surface area contributed by atoms with Gasteiger partial charge in [-0.05, 0) is 56.3 Å². The molecule has 1 fully saturated rings.